The summed E-state index contributed by atoms with van der Waals surface area (Å²) in [4.78, 5) is 8.28. The van der Waals surface area contributed by atoms with Crippen molar-refractivity contribution in [3.63, 3.8) is 0 Å². The molecule has 0 aliphatic rings. The van der Waals surface area contributed by atoms with Crippen molar-refractivity contribution in [2.45, 2.75) is 6.85 Å². The number of nitriles is 1. The van der Waals surface area contributed by atoms with E-state index in [4.69, 9.17) is 12.6 Å². The largest absolute Gasteiger partial charge is 0.500 e. The minimum Gasteiger partial charge on any atom is -0.500 e. The molecule has 0 amide bonds. The maximum atomic E-state index is 9.64. The third kappa shape index (κ3) is 5.71. The maximum absolute atomic E-state index is 9.64. The summed E-state index contributed by atoms with van der Waals surface area (Å²) in [5, 5.41) is 11.6. The van der Waals surface area contributed by atoms with Crippen LogP contribution in [-0.4, -0.2) is 9.97 Å². The number of furan rings is 1. The Hall–Kier alpha value is -4.88. The zero-order valence-electron chi connectivity index (χ0n) is 27.4. The molecule has 0 unspecified atom stereocenters. The van der Waals surface area contributed by atoms with E-state index in [1.54, 1.807) is 30.5 Å². The monoisotopic (exact) mass is 712 g/mol. The number of hydrogen-bond donors (Lipinski definition) is 0. The minimum atomic E-state index is -2.62. The van der Waals surface area contributed by atoms with Crippen LogP contribution in [0.3, 0.4) is 0 Å². The third-order valence-electron chi connectivity index (χ3n) is 6.25. The number of nitrogens with zero attached hydrogens (tertiary/aromatic N) is 3. The van der Waals surface area contributed by atoms with Crippen LogP contribution in [0.4, 0.5) is 0 Å². The van der Waals surface area contributed by atoms with Gasteiger partial charge in [0.25, 0.3) is 0 Å². The summed E-state index contributed by atoms with van der Waals surface area (Å²) in [5.41, 5.74) is 5.53. The molecule has 0 bridgehead atoms. The van der Waals surface area contributed by atoms with Gasteiger partial charge in [-0.1, -0.05) is 71.6 Å². The van der Waals surface area contributed by atoms with Crippen LogP contribution in [-0.2, 0) is 20.1 Å². The average Bonchev–Trinajstić information content (AvgIpc) is 3.46. The maximum Gasteiger partial charge on any atom is 0.130 e. The summed E-state index contributed by atoms with van der Waals surface area (Å²) >= 11 is 0. The second-order valence-corrected chi connectivity index (χ2v) is 8.73. The summed E-state index contributed by atoms with van der Waals surface area (Å²) in [5.74, 6) is 0. The SMILES string of the molecule is N#Cc1ccc2c(oc3c(-c4ccccn4)[c-]ccc32)c1-c1ccccc1.[2H]c1nc(-c2[c-]cccc2)c([2H])c([2H])c1C([2H])([2H])[2H].[Ir]. The molecular weight excluding hydrogens is 683 g/mol. The van der Waals surface area contributed by atoms with E-state index >= 15 is 0 Å². The summed E-state index contributed by atoms with van der Waals surface area (Å²) in [7, 11) is 0. The molecule has 0 N–H and O–H groups in total. The smallest absolute Gasteiger partial charge is 0.130 e. The van der Waals surface area contributed by atoms with Crippen molar-refractivity contribution in [1.29, 1.82) is 5.26 Å². The standard InChI is InChI=1S/C24H13N2O.C12H10N.Ir/c25-15-17-12-13-19-18-9-6-10-20(21-11-4-5-14-26-21)23(18)27-24(19)22(17)16-7-2-1-3-8-16;1-10-7-8-12(13-9-10)11-5-3-2-4-6-11;/h1-9,11-14H;2-5,7-9H,1H3;/q2*-1;/i;1D3,7D,8D,9D;. The molecule has 0 saturated carbocycles. The summed E-state index contributed by atoms with van der Waals surface area (Å²) in [6, 6.07) is 37.7. The minimum absolute atomic E-state index is 0. The van der Waals surface area contributed by atoms with Crippen LogP contribution in [0, 0.1) is 30.3 Å². The van der Waals surface area contributed by atoms with Gasteiger partial charge in [-0.3, -0.25) is 0 Å². The molecule has 3 heterocycles. The second-order valence-electron chi connectivity index (χ2n) is 8.73. The van der Waals surface area contributed by atoms with Gasteiger partial charge in [0.1, 0.15) is 5.58 Å². The zero-order valence-corrected chi connectivity index (χ0v) is 23.8. The fraction of sp³-hybridized carbons (Fsp3) is 0.0278. The molecule has 199 valence electrons. The van der Waals surface area contributed by atoms with Gasteiger partial charge in [0, 0.05) is 47.5 Å². The Kier molecular flexibility index (Phi) is 6.40. The molecule has 0 aliphatic carbocycles. The summed E-state index contributed by atoms with van der Waals surface area (Å²) in [6.07, 6.45) is 1.27. The molecule has 1 radical (unpaired) electrons. The first-order valence-corrected chi connectivity index (χ1v) is 12.4. The summed E-state index contributed by atoms with van der Waals surface area (Å²) in [6.45, 7) is -2.62. The molecule has 7 aromatic rings. The van der Waals surface area contributed by atoms with Gasteiger partial charge < -0.3 is 14.4 Å². The van der Waals surface area contributed by atoms with E-state index < -0.39 is 24.6 Å². The van der Waals surface area contributed by atoms with Crippen LogP contribution in [0.1, 0.15) is 19.4 Å². The van der Waals surface area contributed by atoms with E-state index in [9.17, 15) is 5.26 Å². The summed E-state index contributed by atoms with van der Waals surface area (Å²) < 4.78 is 51.5. The van der Waals surface area contributed by atoms with E-state index in [0.717, 1.165) is 38.7 Å². The first kappa shape index (κ1) is 20.9. The average molecular weight is 712 g/mol. The van der Waals surface area contributed by atoms with Crippen LogP contribution in [0.25, 0.3) is 55.6 Å². The first-order chi connectivity index (χ1) is 22.2. The van der Waals surface area contributed by atoms with Crippen LogP contribution in [0.15, 0.2) is 126 Å². The van der Waals surface area contributed by atoms with Crippen LogP contribution in [0.5, 0.6) is 0 Å². The van der Waals surface area contributed by atoms with Gasteiger partial charge in [0.15, 0.2) is 0 Å². The van der Waals surface area contributed by atoms with Crippen LogP contribution >= 0.6 is 0 Å². The third-order valence-corrected chi connectivity index (χ3v) is 6.25. The quantitative estimate of drug-likeness (QED) is 0.172. The molecule has 3 aromatic heterocycles. The normalized spacial score (nSPS) is 12.8. The molecule has 41 heavy (non-hydrogen) atoms. The van der Waals surface area contributed by atoms with Crippen molar-refractivity contribution >= 4 is 21.9 Å². The molecule has 4 aromatic carbocycles. The van der Waals surface area contributed by atoms with Gasteiger partial charge in [-0.05, 0) is 41.5 Å². The van der Waals surface area contributed by atoms with Crippen molar-refractivity contribution in [1.82, 2.24) is 9.97 Å². The Morgan fingerprint density at radius 3 is 2.39 bits per heavy atom. The Balaban J connectivity index is 0.000000192. The molecule has 5 heteroatoms. The number of fused-ring (bicyclic) bond motifs is 3. The van der Waals surface area contributed by atoms with Crippen molar-refractivity contribution in [3.05, 3.63) is 145 Å². The number of rotatable bonds is 3. The van der Waals surface area contributed by atoms with Gasteiger partial charge in [0.05, 0.1) is 21.3 Å². The molecule has 0 fully saturated rings. The Labute approximate surface area is 260 Å². The van der Waals surface area contributed by atoms with Gasteiger partial charge in [0.2, 0.25) is 0 Å². The second kappa shape index (κ2) is 12.5. The molecule has 4 nitrogen and oxygen atoms in total. The van der Waals surface area contributed by atoms with Gasteiger partial charge in [-0.15, -0.1) is 54.1 Å². The van der Waals surface area contributed by atoms with Crippen molar-refractivity contribution in [3.8, 4) is 39.7 Å². The molecule has 0 atom stereocenters. The van der Waals surface area contributed by atoms with E-state index in [1.165, 1.54) is 0 Å². The van der Waals surface area contributed by atoms with Crippen molar-refractivity contribution < 1.29 is 32.7 Å². The van der Waals surface area contributed by atoms with Crippen molar-refractivity contribution in [2.24, 2.45) is 0 Å². The molecular formula is C36H23IrN3O-2. The van der Waals surface area contributed by atoms with E-state index in [0.29, 0.717) is 16.7 Å². The van der Waals surface area contributed by atoms with Crippen LogP contribution < -0.4 is 0 Å². The number of hydrogen-bond acceptors (Lipinski definition) is 4. The molecule has 0 saturated heterocycles. The Morgan fingerprint density at radius 2 is 1.63 bits per heavy atom. The van der Waals surface area contributed by atoms with Gasteiger partial charge in [-0.25, -0.2) is 0 Å². The Bertz CT molecular complexity index is 2230. The van der Waals surface area contributed by atoms with E-state index in [1.807, 2.05) is 72.8 Å². The molecule has 0 spiro atoms. The van der Waals surface area contributed by atoms with Gasteiger partial charge >= 0.3 is 0 Å². The number of pyridine rings is 2. The zero-order chi connectivity index (χ0) is 32.4. The Morgan fingerprint density at radius 1 is 0.805 bits per heavy atom. The first-order valence-electron chi connectivity index (χ1n) is 15.4. The molecule has 0 aliphatic heterocycles. The topological polar surface area (TPSA) is 62.7 Å². The van der Waals surface area contributed by atoms with Crippen molar-refractivity contribution in [2.75, 3.05) is 0 Å². The predicted molar refractivity (Wildman–Crippen MR) is 159 cm³/mol. The predicted octanol–water partition coefficient (Wildman–Crippen LogP) is 8.84. The van der Waals surface area contributed by atoms with E-state index in [-0.39, 0.29) is 31.8 Å². The number of benzene rings is 4. The molecule has 7 rings (SSSR count). The van der Waals surface area contributed by atoms with Gasteiger partial charge in [-0.2, -0.15) is 5.26 Å². The van der Waals surface area contributed by atoms with E-state index in [2.05, 4.69) is 28.2 Å². The van der Waals surface area contributed by atoms with Crippen LogP contribution in [0.2, 0.25) is 0 Å². The fourth-order valence-electron chi connectivity index (χ4n) is 4.45. The number of aromatic nitrogens is 2. The fourth-order valence-corrected chi connectivity index (χ4v) is 4.45.